The molecule has 0 saturated heterocycles. The first-order valence-corrected chi connectivity index (χ1v) is 11.1. The molecular weight excluding hydrogens is 452 g/mol. The molecule has 4 rings (SSSR count). The zero-order chi connectivity index (χ0) is 25.3. The van der Waals surface area contributed by atoms with Crippen LogP contribution in [-0.2, 0) is 11.3 Å². The predicted molar refractivity (Wildman–Crippen MR) is 136 cm³/mol. The number of nitrogens with zero attached hydrogens (tertiary/aromatic N) is 4. The molecule has 176 valence electrons. The van der Waals surface area contributed by atoms with Crippen LogP contribution in [0.15, 0.2) is 84.9 Å². The summed E-state index contributed by atoms with van der Waals surface area (Å²) < 4.78 is 7.17. The summed E-state index contributed by atoms with van der Waals surface area (Å²) in [6.07, 6.45) is 1.56. The van der Waals surface area contributed by atoms with Crippen LogP contribution < -0.4 is 15.8 Å². The monoisotopic (exact) mass is 474 g/mol. The number of hydrogen-bond donors (Lipinski definition) is 2. The topological polar surface area (TPSA) is 130 Å². The lowest BCUT2D eigenvalue weighted by Crippen LogP contribution is -2.28. The van der Waals surface area contributed by atoms with E-state index in [2.05, 4.69) is 22.6 Å². The van der Waals surface area contributed by atoms with E-state index in [0.717, 1.165) is 5.56 Å². The maximum absolute atomic E-state index is 12.3. The standard InChI is InChI=1S/C28H22N6O2/c29-16-22(27-24(17-30)28(31)34(33-27)23-12-5-2-6-13-23)15-21-11-7-8-14-25(21)36-19-26(35)32-18-20-9-3-1-4-10-20/h1-15H,18-19,31H2,(H,32,35). The molecule has 1 heterocycles. The van der Waals surface area contributed by atoms with E-state index in [1.165, 1.54) is 4.68 Å². The number of nitrogen functional groups attached to an aromatic ring is 1. The number of benzene rings is 3. The Morgan fingerprint density at radius 1 is 1.00 bits per heavy atom. The third kappa shape index (κ3) is 5.41. The number of carbonyl (C=O) groups is 1. The Kier molecular flexibility index (Phi) is 7.40. The Hall–Kier alpha value is -5.34. The molecule has 0 aliphatic carbocycles. The predicted octanol–water partition coefficient (Wildman–Crippen LogP) is 4.09. The van der Waals surface area contributed by atoms with Gasteiger partial charge in [0.25, 0.3) is 5.91 Å². The number of aromatic nitrogens is 2. The molecule has 0 aliphatic heterocycles. The first-order chi connectivity index (χ1) is 17.6. The van der Waals surface area contributed by atoms with Crippen molar-refractivity contribution in [2.75, 3.05) is 12.3 Å². The van der Waals surface area contributed by atoms with E-state index in [1.54, 1.807) is 42.5 Å². The average molecular weight is 475 g/mol. The molecule has 8 nitrogen and oxygen atoms in total. The van der Waals surface area contributed by atoms with Gasteiger partial charge in [-0.3, -0.25) is 4.79 Å². The normalized spacial score (nSPS) is 10.8. The third-order valence-electron chi connectivity index (χ3n) is 5.32. The summed E-state index contributed by atoms with van der Waals surface area (Å²) in [6, 6.07) is 29.8. The van der Waals surface area contributed by atoms with Crippen LogP contribution in [0.3, 0.4) is 0 Å². The summed E-state index contributed by atoms with van der Waals surface area (Å²) in [7, 11) is 0. The fraction of sp³-hybridized carbons (Fsp3) is 0.0714. The van der Waals surface area contributed by atoms with Gasteiger partial charge in [0, 0.05) is 12.1 Å². The molecule has 0 bridgehead atoms. The SMILES string of the molecule is N#CC(=Cc1ccccc1OCC(=O)NCc1ccccc1)c1nn(-c2ccccc2)c(N)c1C#N. The van der Waals surface area contributed by atoms with Gasteiger partial charge in [-0.25, -0.2) is 4.68 Å². The van der Waals surface area contributed by atoms with E-state index in [0.29, 0.717) is 23.5 Å². The van der Waals surface area contributed by atoms with Gasteiger partial charge in [-0.05, 0) is 29.8 Å². The second-order valence-electron chi connectivity index (χ2n) is 7.73. The highest BCUT2D eigenvalue weighted by molar-refractivity contribution is 5.92. The van der Waals surface area contributed by atoms with Gasteiger partial charge in [0.1, 0.15) is 35.0 Å². The van der Waals surface area contributed by atoms with Crippen LogP contribution in [0.25, 0.3) is 17.3 Å². The van der Waals surface area contributed by atoms with E-state index in [9.17, 15) is 15.3 Å². The quantitative estimate of drug-likeness (QED) is 0.370. The van der Waals surface area contributed by atoms with Crippen molar-refractivity contribution in [1.29, 1.82) is 10.5 Å². The van der Waals surface area contributed by atoms with E-state index in [-0.39, 0.29) is 35.2 Å². The number of amides is 1. The lowest BCUT2D eigenvalue weighted by molar-refractivity contribution is -0.123. The average Bonchev–Trinajstić information content (AvgIpc) is 3.26. The van der Waals surface area contributed by atoms with Crippen molar-refractivity contribution in [3.63, 3.8) is 0 Å². The second kappa shape index (κ2) is 11.2. The van der Waals surface area contributed by atoms with Crippen molar-refractivity contribution in [3.05, 3.63) is 107 Å². The number of para-hydroxylation sites is 2. The highest BCUT2D eigenvalue weighted by atomic mass is 16.5. The third-order valence-corrected chi connectivity index (χ3v) is 5.32. The summed E-state index contributed by atoms with van der Waals surface area (Å²) in [5.41, 5.74) is 8.79. The highest BCUT2D eigenvalue weighted by Crippen LogP contribution is 2.29. The van der Waals surface area contributed by atoms with Gasteiger partial charge < -0.3 is 15.8 Å². The van der Waals surface area contributed by atoms with Crippen LogP contribution in [0.4, 0.5) is 5.82 Å². The molecule has 0 unspecified atom stereocenters. The van der Waals surface area contributed by atoms with Crippen LogP contribution in [0.1, 0.15) is 22.4 Å². The van der Waals surface area contributed by atoms with Gasteiger partial charge in [0.05, 0.1) is 11.3 Å². The Balaban J connectivity index is 1.56. The van der Waals surface area contributed by atoms with E-state index in [1.807, 2.05) is 48.5 Å². The minimum Gasteiger partial charge on any atom is -0.483 e. The molecule has 0 spiro atoms. The molecular formula is C28H22N6O2. The van der Waals surface area contributed by atoms with E-state index in [4.69, 9.17) is 10.5 Å². The van der Waals surface area contributed by atoms with Crippen molar-refractivity contribution in [2.24, 2.45) is 0 Å². The molecule has 0 aliphatic rings. The van der Waals surface area contributed by atoms with E-state index < -0.39 is 0 Å². The highest BCUT2D eigenvalue weighted by Gasteiger charge is 2.20. The summed E-state index contributed by atoms with van der Waals surface area (Å²) in [6.45, 7) is 0.199. The molecule has 0 saturated carbocycles. The Morgan fingerprint density at radius 3 is 2.36 bits per heavy atom. The molecule has 3 aromatic carbocycles. The van der Waals surface area contributed by atoms with Gasteiger partial charge in [-0.2, -0.15) is 15.6 Å². The fourth-order valence-corrected chi connectivity index (χ4v) is 3.53. The molecule has 4 aromatic rings. The van der Waals surface area contributed by atoms with Crippen molar-refractivity contribution >= 4 is 23.4 Å². The number of nitrogens with one attached hydrogen (secondary N) is 1. The summed E-state index contributed by atoms with van der Waals surface area (Å²) in [5, 5.41) is 26.9. The van der Waals surface area contributed by atoms with Crippen LogP contribution in [0.2, 0.25) is 0 Å². The van der Waals surface area contributed by atoms with Crippen molar-refractivity contribution in [3.8, 4) is 23.6 Å². The number of allylic oxidation sites excluding steroid dienone is 1. The van der Waals surface area contributed by atoms with Gasteiger partial charge in [0.15, 0.2) is 6.61 Å². The minimum absolute atomic E-state index is 0.102. The largest absolute Gasteiger partial charge is 0.483 e. The maximum atomic E-state index is 12.3. The molecule has 0 radical (unpaired) electrons. The lowest BCUT2D eigenvalue weighted by Gasteiger charge is -2.10. The van der Waals surface area contributed by atoms with E-state index >= 15 is 0 Å². The Bertz CT molecular complexity index is 1480. The number of nitrogens with two attached hydrogens (primary N) is 1. The number of rotatable bonds is 8. The van der Waals surface area contributed by atoms with Crippen molar-refractivity contribution in [1.82, 2.24) is 15.1 Å². The van der Waals surface area contributed by atoms with Gasteiger partial charge in [-0.15, -0.1) is 0 Å². The molecule has 3 N–H and O–H groups in total. The number of carbonyl (C=O) groups excluding carboxylic acids is 1. The molecule has 1 amide bonds. The minimum atomic E-state index is -0.278. The Morgan fingerprint density at radius 2 is 1.67 bits per heavy atom. The molecule has 0 fully saturated rings. The summed E-state index contributed by atoms with van der Waals surface area (Å²) in [4.78, 5) is 12.3. The smallest absolute Gasteiger partial charge is 0.258 e. The van der Waals surface area contributed by atoms with Gasteiger partial charge in [0.2, 0.25) is 0 Å². The fourth-order valence-electron chi connectivity index (χ4n) is 3.53. The second-order valence-corrected chi connectivity index (χ2v) is 7.73. The van der Waals surface area contributed by atoms with Crippen LogP contribution >= 0.6 is 0 Å². The summed E-state index contributed by atoms with van der Waals surface area (Å²) in [5.74, 6) is 0.271. The van der Waals surface area contributed by atoms with Crippen LogP contribution in [0.5, 0.6) is 5.75 Å². The van der Waals surface area contributed by atoms with Crippen LogP contribution in [0, 0.1) is 22.7 Å². The molecule has 36 heavy (non-hydrogen) atoms. The number of anilines is 1. The number of nitriles is 2. The molecule has 8 heteroatoms. The number of hydrogen-bond acceptors (Lipinski definition) is 6. The lowest BCUT2D eigenvalue weighted by atomic mass is 10.1. The number of ether oxygens (including phenoxy) is 1. The Labute approximate surface area is 208 Å². The van der Waals surface area contributed by atoms with Gasteiger partial charge in [-0.1, -0.05) is 66.7 Å². The first kappa shape index (κ1) is 23.8. The van der Waals surface area contributed by atoms with Crippen molar-refractivity contribution in [2.45, 2.75) is 6.54 Å². The zero-order valence-corrected chi connectivity index (χ0v) is 19.3. The van der Waals surface area contributed by atoms with Crippen molar-refractivity contribution < 1.29 is 9.53 Å². The molecule has 0 atom stereocenters. The first-order valence-electron chi connectivity index (χ1n) is 11.1. The maximum Gasteiger partial charge on any atom is 0.258 e. The summed E-state index contributed by atoms with van der Waals surface area (Å²) >= 11 is 0. The zero-order valence-electron chi connectivity index (χ0n) is 19.3. The molecule has 1 aromatic heterocycles. The van der Waals surface area contributed by atoms with Gasteiger partial charge >= 0.3 is 0 Å². The van der Waals surface area contributed by atoms with Crippen LogP contribution in [-0.4, -0.2) is 22.3 Å².